The van der Waals surface area contributed by atoms with Crippen LogP contribution in [0.15, 0.2) is 69.3 Å². The van der Waals surface area contributed by atoms with Crippen molar-refractivity contribution >= 4 is 33.2 Å². The number of halogens is 1. The average Bonchev–Trinajstić information content (AvgIpc) is 2.93. The van der Waals surface area contributed by atoms with Crippen molar-refractivity contribution in [1.29, 1.82) is 0 Å². The first-order chi connectivity index (χ1) is 13.4. The molecule has 5 rings (SSSR count). The van der Waals surface area contributed by atoms with Crippen molar-refractivity contribution in [3.05, 3.63) is 81.0 Å². The highest BCUT2D eigenvalue weighted by atomic mass is 79.9. The van der Waals surface area contributed by atoms with Crippen molar-refractivity contribution in [2.45, 2.75) is 32.6 Å². The van der Waals surface area contributed by atoms with Gasteiger partial charge in [0, 0.05) is 39.2 Å². The molecule has 0 saturated heterocycles. The van der Waals surface area contributed by atoms with Gasteiger partial charge in [-0.1, -0.05) is 66.2 Å². The van der Waals surface area contributed by atoms with Gasteiger partial charge in [-0.25, -0.2) is 0 Å². The van der Waals surface area contributed by atoms with Gasteiger partial charge in [-0.3, -0.25) is 14.6 Å². The summed E-state index contributed by atoms with van der Waals surface area (Å²) >= 11 is 3.49. The number of carbonyl (C=O) groups is 2. The summed E-state index contributed by atoms with van der Waals surface area (Å²) in [5, 5.41) is 0. The Labute approximate surface area is 172 Å². The summed E-state index contributed by atoms with van der Waals surface area (Å²) in [5.41, 5.74) is 4.97. The minimum absolute atomic E-state index is 0.0754. The lowest BCUT2D eigenvalue weighted by molar-refractivity contribution is -0.118. The lowest BCUT2D eigenvalue weighted by Gasteiger charge is -2.38. The number of aliphatic imine (C=N–C) groups is 1. The Morgan fingerprint density at radius 2 is 1.61 bits per heavy atom. The largest absolute Gasteiger partial charge is 0.294 e. The molecule has 2 aromatic rings. The number of allylic oxidation sites excluding steroid dienone is 2. The maximum Gasteiger partial charge on any atom is 0.173 e. The zero-order chi connectivity index (χ0) is 19.6. The molecule has 28 heavy (non-hydrogen) atoms. The van der Waals surface area contributed by atoms with Crippen LogP contribution in [-0.4, -0.2) is 17.3 Å². The summed E-state index contributed by atoms with van der Waals surface area (Å²) in [6.07, 6.45) is 1.26. The summed E-state index contributed by atoms with van der Waals surface area (Å²) in [6.45, 7) is 4.23. The van der Waals surface area contributed by atoms with E-state index in [9.17, 15) is 9.59 Å². The van der Waals surface area contributed by atoms with Crippen LogP contribution in [0.1, 0.15) is 54.1 Å². The number of benzene rings is 2. The molecule has 0 saturated carbocycles. The Morgan fingerprint density at radius 1 is 0.929 bits per heavy atom. The van der Waals surface area contributed by atoms with Crippen molar-refractivity contribution < 1.29 is 9.59 Å². The highest BCUT2D eigenvalue weighted by Crippen LogP contribution is 2.51. The number of fused-ring (bicyclic) bond motifs is 3. The maximum absolute atomic E-state index is 13.4. The number of ketones is 2. The molecule has 0 aromatic heterocycles. The predicted octanol–water partition coefficient (Wildman–Crippen LogP) is 5.49. The Morgan fingerprint density at radius 3 is 2.32 bits per heavy atom. The van der Waals surface area contributed by atoms with Gasteiger partial charge in [0.15, 0.2) is 11.6 Å². The van der Waals surface area contributed by atoms with Gasteiger partial charge in [0.25, 0.3) is 0 Å². The molecule has 2 aliphatic carbocycles. The van der Waals surface area contributed by atoms with Crippen molar-refractivity contribution in [3.8, 4) is 0 Å². The first-order valence-corrected chi connectivity index (χ1v) is 10.4. The highest BCUT2D eigenvalue weighted by Gasteiger charge is 2.50. The van der Waals surface area contributed by atoms with Crippen LogP contribution in [0.25, 0.3) is 0 Å². The molecule has 2 unspecified atom stereocenters. The molecule has 2 aromatic carbocycles. The molecule has 3 aliphatic rings. The smallest absolute Gasteiger partial charge is 0.173 e. The number of hydrogen-bond donors (Lipinski definition) is 0. The van der Waals surface area contributed by atoms with Crippen LogP contribution in [-0.2, 0) is 4.79 Å². The molecular formula is C24H20BrNO2. The first-order valence-electron chi connectivity index (χ1n) is 9.60. The van der Waals surface area contributed by atoms with E-state index in [1.165, 1.54) is 0 Å². The van der Waals surface area contributed by atoms with E-state index in [1.807, 2.05) is 48.5 Å². The zero-order valence-electron chi connectivity index (χ0n) is 15.8. The van der Waals surface area contributed by atoms with Crippen molar-refractivity contribution in [3.63, 3.8) is 0 Å². The lowest BCUT2D eigenvalue weighted by atomic mass is 9.66. The van der Waals surface area contributed by atoms with Gasteiger partial charge >= 0.3 is 0 Å². The normalized spacial score (nSPS) is 25.2. The van der Waals surface area contributed by atoms with E-state index in [0.717, 1.165) is 44.6 Å². The summed E-state index contributed by atoms with van der Waals surface area (Å²) in [7, 11) is 0. The van der Waals surface area contributed by atoms with Crippen LogP contribution in [0.2, 0.25) is 0 Å². The first kappa shape index (κ1) is 17.7. The molecule has 4 heteroatoms. The molecule has 0 radical (unpaired) electrons. The van der Waals surface area contributed by atoms with Gasteiger partial charge in [-0.15, -0.1) is 0 Å². The van der Waals surface area contributed by atoms with E-state index in [1.54, 1.807) is 0 Å². The molecular weight excluding hydrogens is 414 g/mol. The standard InChI is InChI=1S/C24H20BrNO2/c1-24(2)11-17-20(18(27)12-24)19(13-7-9-14(25)10-8-13)21-22(26-17)15-5-3-4-6-16(15)23(21)28/h3-10,19,21H,11-12H2,1-2H3. The third-order valence-corrected chi connectivity index (χ3v) is 6.60. The lowest BCUT2D eigenvalue weighted by Crippen LogP contribution is -2.37. The molecule has 3 nitrogen and oxygen atoms in total. The van der Waals surface area contributed by atoms with Gasteiger partial charge in [0.05, 0.1) is 11.6 Å². The van der Waals surface area contributed by atoms with Gasteiger partial charge < -0.3 is 0 Å². The Kier molecular flexibility index (Phi) is 3.86. The summed E-state index contributed by atoms with van der Waals surface area (Å²) in [6, 6.07) is 15.7. The quantitative estimate of drug-likeness (QED) is 0.596. The van der Waals surface area contributed by atoms with E-state index >= 15 is 0 Å². The molecule has 1 heterocycles. The van der Waals surface area contributed by atoms with Crippen molar-refractivity contribution in [2.24, 2.45) is 16.3 Å². The average molecular weight is 434 g/mol. The molecule has 0 amide bonds. The van der Waals surface area contributed by atoms with Gasteiger partial charge in [-0.05, 0) is 29.5 Å². The fourth-order valence-corrected chi connectivity index (χ4v) is 5.18. The molecule has 1 aliphatic heterocycles. The maximum atomic E-state index is 13.4. The van der Waals surface area contributed by atoms with E-state index in [4.69, 9.17) is 4.99 Å². The van der Waals surface area contributed by atoms with Crippen LogP contribution in [0.4, 0.5) is 0 Å². The van der Waals surface area contributed by atoms with E-state index in [2.05, 4.69) is 29.8 Å². The van der Waals surface area contributed by atoms with Crippen LogP contribution < -0.4 is 0 Å². The Hall–Kier alpha value is -2.33. The second kappa shape index (κ2) is 6.08. The SMILES string of the molecule is CC1(C)CC(=O)C2=C(C1)N=C1c3ccccc3C(=O)C1C2c1ccc(Br)cc1. The van der Waals surface area contributed by atoms with Crippen LogP contribution in [0, 0.1) is 11.3 Å². The van der Waals surface area contributed by atoms with E-state index < -0.39 is 5.92 Å². The number of nitrogens with zero attached hydrogens (tertiary/aromatic N) is 1. The summed E-state index contributed by atoms with van der Waals surface area (Å²) < 4.78 is 0.979. The minimum Gasteiger partial charge on any atom is -0.294 e. The number of carbonyl (C=O) groups excluding carboxylic acids is 2. The Balaban J connectivity index is 1.76. The fraction of sp³-hybridized carbons (Fsp3) is 0.292. The third kappa shape index (κ3) is 2.58. The number of Topliss-reactive ketones (excluding diaryl/α,β-unsaturated/α-hetero) is 2. The topological polar surface area (TPSA) is 46.5 Å². The molecule has 140 valence electrons. The monoisotopic (exact) mass is 433 g/mol. The molecule has 2 atom stereocenters. The zero-order valence-corrected chi connectivity index (χ0v) is 17.4. The van der Waals surface area contributed by atoms with Crippen LogP contribution >= 0.6 is 15.9 Å². The molecule has 0 fully saturated rings. The van der Waals surface area contributed by atoms with Gasteiger partial charge in [0.2, 0.25) is 0 Å². The molecule has 0 bridgehead atoms. The molecule has 0 spiro atoms. The summed E-state index contributed by atoms with van der Waals surface area (Å²) in [4.78, 5) is 31.5. The van der Waals surface area contributed by atoms with Crippen LogP contribution in [0.5, 0.6) is 0 Å². The highest BCUT2D eigenvalue weighted by molar-refractivity contribution is 9.10. The van der Waals surface area contributed by atoms with Crippen molar-refractivity contribution in [2.75, 3.05) is 0 Å². The van der Waals surface area contributed by atoms with Crippen molar-refractivity contribution in [1.82, 2.24) is 0 Å². The second-order valence-electron chi connectivity index (χ2n) is 8.72. The second-order valence-corrected chi connectivity index (χ2v) is 9.63. The summed E-state index contributed by atoms with van der Waals surface area (Å²) in [5.74, 6) is -0.473. The van der Waals surface area contributed by atoms with Gasteiger partial charge in [0.1, 0.15) is 0 Å². The minimum atomic E-state index is -0.414. The fourth-order valence-electron chi connectivity index (χ4n) is 4.92. The molecule has 0 N–H and O–H groups in total. The third-order valence-electron chi connectivity index (χ3n) is 6.07. The number of rotatable bonds is 1. The van der Waals surface area contributed by atoms with E-state index in [-0.39, 0.29) is 22.9 Å². The van der Waals surface area contributed by atoms with E-state index in [0.29, 0.717) is 6.42 Å². The van der Waals surface area contributed by atoms with Gasteiger partial charge in [-0.2, -0.15) is 0 Å². The van der Waals surface area contributed by atoms with Crippen LogP contribution in [0.3, 0.4) is 0 Å². The Bertz CT molecular complexity index is 1090. The number of hydrogen-bond acceptors (Lipinski definition) is 3. The predicted molar refractivity (Wildman–Crippen MR) is 113 cm³/mol.